The first-order valence-electron chi connectivity index (χ1n) is 9.08. The fourth-order valence-corrected chi connectivity index (χ4v) is 2.86. The quantitative estimate of drug-likeness (QED) is 0.591. The number of rotatable bonds is 8. The molecular weight excluding hydrogens is 360 g/mol. The Morgan fingerprint density at radius 1 is 1.25 bits per heavy atom. The van der Waals surface area contributed by atoms with E-state index in [0.717, 1.165) is 5.75 Å². The monoisotopic (exact) mass is 384 g/mol. The second-order valence-corrected chi connectivity index (χ2v) is 6.36. The Bertz CT molecular complexity index is 956. The number of anilines is 1. The summed E-state index contributed by atoms with van der Waals surface area (Å²) in [7, 11) is 1.94. The van der Waals surface area contributed by atoms with E-state index in [1.807, 2.05) is 42.3 Å². The minimum absolute atomic E-state index is 0.203. The van der Waals surface area contributed by atoms with Crippen molar-refractivity contribution in [1.82, 2.24) is 14.9 Å². The number of nitrogens with two attached hydrogens (primary N) is 1. The molecule has 8 nitrogen and oxygen atoms in total. The van der Waals surface area contributed by atoms with Crippen LogP contribution in [0.4, 0.5) is 5.82 Å². The molecule has 0 bridgehead atoms. The van der Waals surface area contributed by atoms with Gasteiger partial charge in [0.05, 0.1) is 18.5 Å². The van der Waals surface area contributed by atoms with E-state index >= 15 is 0 Å². The van der Waals surface area contributed by atoms with Crippen molar-refractivity contribution in [2.45, 2.75) is 20.4 Å². The maximum atomic E-state index is 12.2. The van der Waals surface area contributed by atoms with Gasteiger partial charge in [0.15, 0.2) is 0 Å². The average molecular weight is 384 g/mol. The van der Waals surface area contributed by atoms with Gasteiger partial charge in [-0.15, -0.1) is 0 Å². The topological polar surface area (TPSA) is 104 Å². The van der Waals surface area contributed by atoms with Gasteiger partial charge < -0.3 is 19.6 Å². The van der Waals surface area contributed by atoms with Crippen LogP contribution < -0.4 is 10.5 Å². The van der Waals surface area contributed by atoms with Gasteiger partial charge in [-0.25, -0.2) is 9.78 Å². The number of aryl methyl sites for hydroxylation is 1. The van der Waals surface area contributed by atoms with Crippen LogP contribution >= 0.6 is 0 Å². The lowest BCUT2D eigenvalue weighted by molar-refractivity contribution is 0.0526. The van der Waals surface area contributed by atoms with Crippen LogP contribution in [-0.2, 0) is 11.3 Å². The highest BCUT2D eigenvalue weighted by atomic mass is 16.5. The maximum Gasteiger partial charge on any atom is 0.342 e. The van der Waals surface area contributed by atoms with Gasteiger partial charge in [-0.1, -0.05) is 18.2 Å². The van der Waals surface area contributed by atoms with E-state index in [2.05, 4.69) is 9.97 Å². The number of ether oxygens (including phenoxy) is 2. The van der Waals surface area contributed by atoms with Gasteiger partial charge in [-0.05, 0) is 33.0 Å². The Balaban J connectivity index is 1.69. The molecule has 8 heteroatoms. The molecule has 0 aliphatic heterocycles. The van der Waals surface area contributed by atoms with E-state index in [4.69, 9.17) is 19.6 Å². The van der Waals surface area contributed by atoms with Gasteiger partial charge in [-0.3, -0.25) is 4.90 Å². The molecule has 1 aromatic carbocycles. The van der Waals surface area contributed by atoms with Gasteiger partial charge in [0.2, 0.25) is 5.71 Å². The summed E-state index contributed by atoms with van der Waals surface area (Å²) >= 11 is 0. The van der Waals surface area contributed by atoms with Gasteiger partial charge in [0, 0.05) is 6.54 Å². The summed E-state index contributed by atoms with van der Waals surface area (Å²) in [6, 6.07) is 9.64. The lowest BCUT2D eigenvalue weighted by Gasteiger charge is -2.16. The zero-order chi connectivity index (χ0) is 20.1. The van der Waals surface area contributed by atoms with Crippen molar-refractivity contribution in [1.29, 1.82) is 0 Å². The third kappa shape index (κ3) is 4.40. The molecular formula is C20H24N4O4. The summed E-state index contributed by atoms with van der Waals surface area (Å²) in [6.45, 7) is 5.36. The predicted molar refractivity (Wildman–Crippen MR) is 105 cm³/mol. The summed E-state index contributed by atoms with van der Waals surface area (Å²) in [4.78, 5) is 23.0. The molecule has 0 spiro atoms. The Kier molecular flexibility index (Phi) is 6.10. The fraction of sp³-hybridized carbons (Fsp3) is 0.350. The summed E-state index contributed by atoms with van der Waals surface area (Å²) < 4.78 is 16.4. The van der Waals surface area contributed by atoms with Crippen molar-refractivity contribution in [3.63, 3.8) is 0 Å². The third-order valence-electron chi connectivity index (χ3n) is 4.18. The Morgan fingerprint density at radius 2 is 2.00 bits per heavy atom. The highest BCUT2D eigenvalue weighted by Crippen LogP contribution is 2.29. The number of hydrogen-bond donors (Lipinski definition) is 1. The fourth-order valence-electron chi connectivity index (χ4n) is 2.86. The minimum atomic E-state index is -0.489. The Hall–Kier alpha value is -3.13. The molecule has 148 valence electrons. The Labute approximate surface area is 163 Å². The van der Waals surface area contributed by atoms with Crippen LogP contribution in [0.15, 0.2) is 34.7 Å². The molecule has 0 unspecified atom stereocenters. The van der Waals surface area contributed by atoms with Crippen molar-refractivity contribution in [2.24, 2.45) is 0 Å². The molecule has 0 aliphatic rings. The predicted octanol–water partition coefficient (Wildman–Crippen LogP) is 2.80. The molecule has 3 rings (SSSR count). The first-order chi connectivity index (χ1) is 13.5. The van der Waals surface area contributed by atoms with E-state index in [0.29, 0.717) is 36.7 Å². The zero-order valence-electron chi connectivity index (χ0n) is 16.3. The van der Waals surface area contributed by atoms with Crippen molar-refractivity contribution in [3.05, 3.63) is 47.5 Å². The second kappa shape index (κ2) is 8.71. The number of nitrogens with zero attached hydrogens (tertiary/aromatic N) is 3. The number of nitrogen functional groups attached to an aromatic ring is 1. The van der Waals surface area contributed by atoms with Crippen LogP contribution in [0.25, 0.3) is 11.1 Å². The molecule has 0 saturated heterocycles. The molecule has 3 aromatic rings. The van der Waals surface area contributed by atoms with Crippen LogP contribution in [0.2, 0.25) is 0 Å². The van der Waals surface area contributed by atoms with E-state index in [1.54, 1.807) is 13.8 Å². The van der Waals surface area contributed by atoms with Gasteiger partial charge in [0.25, 0.3) is 0 Å². The smallest absolute Gasteiger partial charge is 0.342 e. The number of carbonyl (C=O) groups is 1. The molecule has 28 heavy (non-hydrogen) atoms. The van der Waals surface area contributed by atoms with Gasteiger partial charge in [-0.2, -0.15) is 4.98 Å². The number of carbonyl (C=O) groups excluding carboxylic acids is 1. The molecule has 2 heterocycles. The first kappa shape index (κ1) is 19.6. The maximum absolute atomic E-state index is 12.2. The normalized spacial score (nSPS) is 11.1. The number of para-hydroxylation sites is 1. The molecule has 0 radical (unpaired) electrons. The van der Waals surface area contributed by atoms with E-state index in [1.165, 1.54) is 0 Å². The first-order valence-corrected chi connectivity index (χ1v) is 9.08. The van der Waals surface area contributed by atoms with Gasteiger partial charge in [0.1, 0.15) is 35.3 Å². The standard InChI is InChI=1S/C20H24N4O4/c1-4-26-20(25)16-13(2)28-19-17(16)18(21)22-15(23-19)12-24(3)10-11-27-14-8-6-5-7-9-14/h5-9H,4,10-12H2,1-3H3,(H2,21,22,23). The average Bonchev–Trinajstić information content (AvgIpc) is 2.99. The highest BCUT2D eigenvalue weighted by Gasteiger charge is 2.24. The lowest BCUT2D eigenvalue weighted by Crippen LogP contribution is -2.25. The zero-order valence-corrected chi connectivity index (χ0v) is 16.3. The number of aromatic nitrogens is 2. The van der Waals surface area contributed by atoms with E-state index < -0.39 is 5.97 Å². The number of hydrogen-bond acceptors (Lipinski definition) is 8. The lowest BCUT2D eigenvalue weighted by atomic mass is 10.2. The Morgan fingerprint density at radius 3 is 2.71 bits per heavy atom. The number of esters is 1. The van der Waals surface area contributed by atoms with Crippen LogP contribution in [0.1, 0.15) is 28.9 Å². The summed E-state index contributed by atoms with van der Waals surface area (Å²) in [5.74, 6) is 1.47. The summed E-state index contributed by atoms with van der Waals surface area (Å²) in [5.41, 5.74) is 6.67. The van der Waals surface area contributed by atoms with Crippen molar-refractivity contribution in [3.8, 4) is 5.75 Å². The third-order valence-corrected chi connectivity index (χ3v) is 4.18. The number of benzene rings is 1. The van der Waals surface area contributed by atoms with Crippen molar-refractivity contribution < 1.29 is 18.7 Å². The van der Waals surface area contributed by atoms with Crippen LogP contribution in [0, 0.1) is 6.92 Å². The molecule has 0 amide bonds. The largest absolute Gasteiger partial charge is 0.492 e. The number of fused-ring (bicyclic) bond motifs is 1. The van der Waals surface area contributed by atoms with Crippen molar-refractivity contribution in [2.75, 3.05) is 32.5 Å². The molecule has 2 aromatic heterocycles. The number of furan rings is 1. The SMILES string of the molecule is CCOC(=O)c1c(C)oc2nc(CN(C)CCOc3ccccc3)nc(N)c12. The van der Waals surface area contributed by atoms with Crippen LogP contribution in [0.3, 0.4) is 0 Å². The van der Waals surface area contributed by atoms with Gasteiger partial charge >= 0.3 is 5.97 Å². The molecule has 0 fully saturated rings. The van der Waals surface area contributed by atoms with Crippen LogP contribution in [-0.4, -0.2) is 47.6 Å². The van der Waals surface area contributed by atoms with Crippen molar-refractivity contribution >= 4 is 22.9 Å². The highest BCUT2D eigenvalue weighted by molar-refractivity contribution is 6.07. The number of likely N-dealkylation sites (N-methyl/N-ethyl adjacent to an activating group) is 1. The summed E-state index contributed by atoms with van der Waals surface area (Å²) in [6.07, 6.45) is 0. The van der Waals surface area contributed by atoms with E-state index in [-0.39, 0.29) is 23.7 Å². The molecule has 0 saturated carbocycles. The van der Waals surface area contributed by atoms with Crippen LogP contribution in [0.5, 0.6) is 5.75 Å². The molecule has 2 N–H and O–H groups in total. The molecule has 0 aliphatic carbocycles. The minimum Gasteiger partial charge on any atom is -0.492 e. The second-order valence-electron chi connectivity index (χ2n) is 6.36. The molecule has 0 atom stereocenters. The van der Waals surface area contributed by atoms with E-state index in [9.17, 15) is 4.79 Å². The summed E-state index contributed by atoms with van der Waals surface area (Å²) in [5, 5.41) is 0.398.